The fourth-order valence-electron chi connectivity index (χ4n) is 4.53. The Morgan fingerprint density at radius 2 is 1.83 bits per heavy atom. The lowest BCUT2D eigenvalue weighted by molar-refractivity contribution is -0.117. The van der Waals surface area contributed by atoms with E-state index in [0.29, 0.717) is 19.0 Å². The molecule has 1 aromatic carbocycles. The summed E-state index contributed by atoms with van der Waals surface area (Å²) < 4.78 is 0. The van der Waals surface area contributed by atoms with Gasteiger partial charge in [0.05, 0.1) is 18.7 Å². The molecule has 1 aliphatic carbocycles. The van der Waals surface area contributed by atoms with Crippen LogP contribution in [-0.4, -0.2) is 36.0 Å². The van der Waals surface area contributed by atoms with Gasteiger partial charge in [-0.05, 0) is 37.3 Å². The van der Waals surface area contributed by atoms with Crippen LogP contribution in [0.5, 0.6) is 0 Å². The zero-order valence-corrected chi connectivity index (χ0v) is 17.5. The summed E-state index contributed by atoms with van der Waals surface area (Å²) in [7, 11) is 1.93. The molecule has 1 aliphatic heterocycles. The molecule has 2 aliphatic rings. The van der Waals surface area contributed by atoms with Crippen LogP contribution in [0.15, 0.2) is 30.6 Å². The highest BCUT2D eigenvalue weighted by Gasteiger charge is 2.28. The zero-order chi connectivity index (χ0) is 20.2. The Morgan fingerprint density at radius 1 is 1.07 bits per heavy atom. The maximum Gasteiger partial charge on any atom is 0.246 e. The van der Waals surface area contributed by atoms with E-state index in [2.05, 4.69) is 15.3 Å². The third kappa shape index (κ3) is 4.36. The Kier molecular flexibility index (Phi) is 5.97. The number of carbonyl (C=O) groups excluding carboxylic acids is 1. The van der Waals surface area contributed by atoms with E-state index in [1.54, 1.807) is 6.33 Å². The molecule has 0 unspecified atom stereocenters. The number of nitrogens with one attached hydrogen (secondary N) is 1. The Balaban J connectivity index is 1.61. The van der Waals surface area contributed by atoms with Crippen LogP contribution in [0.3, 0.4) is 0 Å². The molecule has 6 heteroatoms. The molecule has 0 bridgehead atoms. The Morgan fingerprint density at radius 3 is 2.59 bits per heavy atom. The van der Waals surface area contributed by atoms with Crippen molar-refractivity contribution < 1.29 is 4.79 Å². The summed E-state index contributed by atoms with van der Waals surface area (Å²) in [5.41, 5.74) is 3.05. The molecule has 1 N–H and O–H groups in total. The third-order valence-corrected chi connectivity index (χ3v) is 6.21. The van der Waals surface area contributed by atoms with Crippen LogP contribution < -0.4 is 15.1 Å². The van der Waals surface area contributed by atoms with Crippen molar-refractivity contribution >= 4 is 23.2 Å². The maximum absolute atomic E-state index is 13.0. The van der Waals surface area contributed by atoms with Gasteiger partial charge in [-0.2, -0.15) is 0 Å². The fourth-order valence-corrected chi connectivity index (χ4v) is 4.53. The van der Waals surface area contributed by atoms with Gasteiger partial charge < -0.3 is 15.1 Å². The van der Waals surface area contributed by atoms with Crippen molar-refractivity contribution in [3.8, 4) is 0 Å². The largest absolute Gasteiger partial charge is 0.369 e. The number of amides is 1. The molecule has 1 saturated carbocycles. The molecular formula is C23H31N5O. The number of para-hydroxylation sites is 1. The molecule has 0 atom stereocenters. The number of fused-ring (bicyclic) bond motifs is 1. The molecule has 1 aromatic heterocycles. The van der Waals surface area contributed by atoms with Gasteiger partial charge in [0.2, 0.25) is 5.91 Å². The average molecular weight is 394 g/mol. The second kappa shape index (κ2) is 8.80. The second-order valence-corrected chi connectivity index (χ2v) is 8.39. The topological polar surface area (TPSA) is 61.4 Å². The monoisotopic (exact) mass is 393 g/mol. The maximum atomic E-state index is 13.0. The van der Waals surface area contributed by atoms with Crippen LogP contribution in [0.2, 0.25) is 0 Å². The van der Waals surface area contributed by atoms with Crippen molar-refractivity contribution in [1.29, 1.82) is 0 Å². The fraction of sp³-hybridized carbons (Fsp3) is 0.522. The van der Waals surface area contributed by atoms with Gasteiger partial charge in [-0.1, -0.05) is 43.9 Å². The lowest BCUT2D eigenvalue weighted by atomic mass is 10.0. The number of anilines is 3. The summed E-state index contributed by atoms with van der Waals surface area (Å²) in [5.74, 6) is 2.47. The molecule has 2 heterocycles. The van der Waals surface area contributed by atoms with Gasteiger partial charge in [0.1, 0.15) is 18.0 Å². The summed E-state index contributed by atoms with van der Waals surface area (Å²) >= 11 is 0. The third-order valence-electron chi connectivity index (χ3n) is 6.21. The summed E-state index contributed by atoms with van der Waals surface area (Å²) in [6, 6.07) is 8.05. The van der Waals surface area contributed by atoms with E-state index in [9.17, 15) is 4.79 Å². The molecule has 1 amide bonds. The number of hydrogen-bond acceptors (Lipinski definition) is 5. The Bertz CT molecular complexity index is 860. The standard InChI is InChI=1S/C23H31N5O/c1-17-9-7-8-12-20(17)28-14-19-22(24-13-18-10-5-3-4-6-11-18)25-16-26-23(19)27(2)15-21(28)29/h7-9,12,16,18H,3-6,10-11,13-15H2,1-2H3,(H,24,25,26). The van der Waals surface area contributed by atoms with Gasteiger partial charge in [-0.3, -0.25) is 4.79 Å². The lowest BCUT2D eigenvalue weighted by Crippen LogP contribution is -2.36. The van der Waals surface area contributed by atoms with E-state index in [1.165, 1.54) is 38.5 Å². The summed E-state index contributed by atoms with van der Waals surface area (Å²) in [6.45, 7) is 3.77. The van der Waals surface area contributed by atoms with E-state index >= 15 is 0 Å². The van der Waals surface area contributed by atoms with Crippen molar-refractivity contribution in [3.63, 3.8) is 0 Å². The lowest BCUT2D eigenvalue weighted by Gasteiger charge is -2.23. The molecule has 0 radical (unpaired) electrons. The van der Waals surface area contributed by atoms with Crippen molar-refractivity contribution in [2.75, 3.05) is 35.3 Å². The first-order chi connectivity index (χ1) is 14.1. The second-order valence-electron chi connectivity index (χ2n) is 8.39. The Labute approximate surface area is 173 Å². The minimum Gasteiger partial charge on any atom is -0.369 e. The van der Waals surface area contributed by atoms with Crippen molar-refractivity contribution in [2.24, 2.45) is 5.92 Å². The molecule has 0 saturated heterocycles. The van der Waals surface area contributed by atoms with Gasteiger partial charge in [0.25, 0.3) is 0 Å². The first-order valence-corrected chi connectivity index (χ1v) is 10.8. The minimum atomic E-state index is 0.0783. The number of likely N-dealkylation sites (N-methyl/N-ethyl adjacent to an activating group) is 1. The average Bonchev–Trinajstić information content (AvgIpc) is 3.05. The molecule has 154 valence electrons. The van der Waals surface area contributed by atoms with Crippen LogP contribution in [0.25, 0.3) is 0 Å². The first-order valence-electron chi connectivity index (χ1n) is 10.8. The number of aryl methyl sites for hydroxylation is 1. The van der Waals surface area contributed by atoms with E-state index < -0.39 is 0 Å². The molecule has 4 rings (SSSR count). The molecule has 29 heavy (non-hydrogen) atoms. The smallest absolute Gasteiger partial charge is 0.246 e. The van der Waals surface area contributed by atoms with Crippen LogP contribution in [0, 0.1) is 12.8 Å². The van der Waals surface area contributed by atoms with E-state index in [-0.39, 0.29) is 5.91 Å². The van der Waals surface area contributed by atoms with Gasteiger partial charge in [-0.15, -0.1) is 0 Å². The quantitative estimate of drug-likeness (QED) is 0.791. The molecule has 0 spiro atoms. The van der Waals surface area contributed by atoms with Gasteiger partial charge in [0, 0.05) is 19.3 Å². The van der Waals surface area contributed by atoms with E-state index in [0.717, 1.165) is 35.0 Å². The van der Waals surface area contributed by atoms with Crippen LogP contribution in [-0.2, 0) is 11.3 Å². The van der Waals surface area contributed by atoms with Crippen LogP contribution in [0.4, 0.5) is 17.3 Å². The minimum absolute atomic E-state index is 0.0783. The summed E-state index contributed by atoms with van der Waals surface area (Å²) in [5, 5.41) is 3.60. The first kappa shape index (κ1) is 19.7. The highest BCUT2D eigenvalue weighted by molar-refractivity contribution is 5.98. The molecule has 6 nitrogen and oxygen atoms in total. The van der Waals surface area contributed by atoms with Gasteiger partial charge in [-0.25, -0.2) is 9.97 Å². The number of nitrogens with zero attached hydrogens (tertiary/aromatic N) is 4. The highest BCUT2D eigenvalue weighted by Crippen LogP contribution is 2.32. The number of aromatic nitrogens is 2. The van der Waals surface area contributed by atoms with E-state index in [4.69, 9.17) is 0 Å². The number of hydrogen-bond donors (Lipinski definition) is 1. The van der Waals surface area contributed by atoms with E-state index in [1.807, 2.05) is 48.0 Å². The summed E-state index contributed by atoms with van der Waals surface area (Å²) in [6.07, 6.45) is 9.55. The predicted molar refractivity (Wildman–Crippen MR) is 117 cm³/mol. The van der Waals surface area contributed by atoms with Gasteiger partial charge in [0.15, 0.2) is 0 Å². The van der Waals surface area contributed by atoms with Crippen molar-refractivity contribution in [3.05, 3.63) is 41.7 Å². The molecular weight excluding hydrogens is 362 g/mol. The van der Waals surface area contributed by atoms with Gasteiger partial charge >= 0.3 is 0 Å². The highest BCUT2D eigenvalue weighted by atomic mass is 16.2. The zero-order valence-electron chi connectivity index (χ0n) is 17.5. The Hall–Kier alpha value is -2.63. The number of rotatable bonds is 4. The SMILES string of the molecule is Cc1ccccc1N1Cc2c(NCC3CCCCCC3)ncnc2N(C)CC1=O. The predicted octanol–water partition coefficient (Wildman–Crippen LogP) is 4.15. The normalized spacial score (nSPS) is 18.2. The van der Waals surface area contributed by atoms with Crippen molar-refractivity contribution in [1.82, 2.24) is 9.97 Å². The summed E-state index contributed by atoms with van der Waals surface area (Å²) in [4.78, 5) is 25.9. The number of carbonyl (C=O) groups is 1. The number of benzene rings is 1. The van der Waals surface area contributed by atoms with Crippen molar-refractivity contribution in [2.45, 2.75) is 52.0 Å². The molecule has 2 aromatic rings. The van der Waals surface area contributed by atoms with Crippen LogP contribution in [0.1, 0.15) is 49.7 Å². The molecule has 1 fully saturated rings. The van der Waals surface area contributed by atoms with Crippen LogP contribution >= 0.6 is 0 Å².